The standard InChI is InChI=1S/C10H9ClF3N5S/c11-9-15-3-6(20-9)4-18-1-2-19-7(5-18)16-17-8(19)10(12,13)14/h3H,1-2,4-5H2. The molecule has 0 aliphatic carbocycles. The smallest absolute Gasteiger partial charge is 0.305 e. The number of alkyl halides is 3. The van der Waals surface area contributed by atoms with E-state index in [1.54, 1.807) is 6.20 Å². The van der Waals surface area contributed by atoms with Gasteiger partial charge >= 0.3 is 6.18 Å². The molecule has 0 amide bonds. The minimum absolute atomic E-state index is 0.226. The molecule has 0 saturated carbocycles. The molecule has 3 rings (SSSR count). The van der Waals surface area contributed by atoms with Gasteiger partial charge in [0.25, 0.3) is 0 Å². The summed E-state index contributed by atoms with van der Waals surface area (Å²) >= 11 is 7.11. The molecule has 1 aliphatic rings. The fourth-order valence-electron chi connectivity index (χ4n) is 2.13. The van der Waals surface area contributed by atoms with E-state index in [1.807, 2.05) is 4.90 Å². The highest BCUT2D eigenvalue weighted by Gasteiger charge is 2.39. The fraction of sp³-hybridized carbons (Fsp3) is 0.500. The average Bonchev–Trinajstić information content (AvgIpc) is 2.94. The lowest BCUT2D eigenvalue weighted by molar-refractivity contribution is -0.148. The maximum atomic E-state index is 12.7. The highest BCUT2D eigenvalue weighted by molar-refractivity contribution is 7.15. The summed E-state index contributed by atoms with van der Waals surface area (Å²) in [4.78, 5) is 6.90. The minimum Gasteiger partial charge on any atom is -0.305 e. The summed E-state index contributed by atoms with van der Waals surface area (Å²) in [6, 6.07) is 0. The molecule has 0 atom stereocenters. The minimum atomic E-state index is -4.46. The number of nitrogens with zero attached hydrogens (tertiary/aromatic N) is 5. The van der Waals surface area contributed by atoms with Crippen LogP contribution in [0.5, 0.6) is 0 Å². The molecule has 5 nitrogen and oxygen atoms in total. The lowest BCUT2D eigenvalue weighted by Gasteiger charge is -2.27. The fourth-order valence-corrected chi connectivity index (χ4v) is 3.15. The number of rotatable bonds is 2. The Morgan fingerprint density at radius 3 is 2.75 bits per heavy atom. The van der Waals surface area contributed by atoms with Crippen molar-refractivity contribution in [1.29, 1.82) is 0 Å². The van der Waals surface area contributed by atoms with Gasteiger partial charge in [0.15, 0.2) is 4.47 Å². The quantitative estimate of drug-likeness (QED) is 0.851. The first-order valence-corrected chi connectivity index (χ1v) is 6.95. The van der Waals surface area contributed by atoms with Crippen LogP contribution in [0.4, 0.5) is 13.2 Å². The summed E-state index contributed by atoms with van der Waals surface area (Å²) in [5.74, 6) is -0.591. The Morgan fingerprint density at radius 2 is 2.10 bits per heavy atom. The molecular weight excluding hydrogens is 315 g/mol. The van der Waals surface area contributed by atoms with Crippen LogP contribution in [-0.4, -0.2) is 31.2 Å². The summed E-state index contributed by atoms with van der Waals surface area (Å²) < 4.78 is 39.7. The molecule has 2 aromatic rings. The zero-order valence-electron chi connectivity index (χ0n) is 10.1. The van der Waals surface area contributed by atoms with Crippen LogP contribution in [0.2, 0.25) is 4.47 Å². The zero-order valence-corrected chi connectivity index (χ0v) is 11.6. The molecule has 1 aliphatic heterocycles. The number of halogens is 4. The molecule has 2 aromatic heterocycles. The molecule has 0 N–H and O–H groups in total. The number of aromatic nitrogens is 4. The first kappa shape index (κ1) is 13.8. The highest BCUT2D eigenvalue weighted by atomic mass is 35.5. The Bertz CT molecular complexity index is 623. The predicted octanol–water partition coefficient (Wildman–Crippen LogP) is 2.42. The number of thiazole rings is 1. The Hall–Kier alpha value is -1.19. The van der Waals surface area contributed by atoms with E-state index in [9.17, 15) is 13.2 Å². The molecule has 0 spiro atoms. The van der Waals surface area contributed by atoms with Crippen LogP contribution < -0.4 is 0 Å². The van der Waals surface area contributed by atoms with Crippen molar-refractivity contribution in [3.63, 3.8) is 0 Å². The molecule has 0 bridgehead atoms. The van der Waals surface area contributed by atoms with Crippen molar-refractivity contribution in [3.05, 3.63) is 27.2 Å². The molecule has 0 radical (unpaired) electrons. The molecule has 0 saturated heterocycles. The van der Waals surface area contributed by atoms with E-state index in [1.165, 1.54) is 11.3 Å². The molecule has 108 valence electrons. The molecule has 20 heavy (non-hydrogen) atoms. The summed E-state index contributed by atoms with van der Waals surface area (Å²) in [5, 5.41) is 6.88. The lowest BCUT2D eigenvalue weighted by Crippen LogP contribution is -2.34. The molecule has 3 heterocycles. The van der Waals surface area contributed by atoms with Crippen molar-refractivity contribution >= 4 is 22.9 Å². The third kappa shape index (κ3) is 2.65. The van der Waals surface area contributed by atoms with Crippen molar-refractivity contribution in [2.75, 3.05) is 6.54 Å². The first-order valence-electron chi connectivity index (χ1n) is 5.75. The SMILES string of the molecule is FC(F)(F)c1nnc2n1CCN(Cc1cnc(Cl)s1)C2. The van der Waals surface area contributed by atoms with E-state index >= 15 is 0 Å². The van der Waals surface area contributed by atoms with Crippen LogP contribution in [0.25, 0.3) is 0 Å². The van der Waals surface area contributed by atoms with Crippen LogP contribution in [0, 0.1) is 0 Å². The van der Waals surface area contributed by atoms with Crippen LogP contribution in [-0.2, 0) is 25.8 Å². The van der Waals surface area contributed by atoms with Crippen LogP contribution >= 0.6 is 22.9 Å². The van der Waals surface area contributed by atoms with Gasteiger partial charge in [0.1, 0.15) is 5.82 Å². The van der Waals surface area contributed by atoms with Gasteiger partial charge in [0, 0.05) is 30.7 Å². The second-order valence-electron chi connectivity index (χ2n) is 4.38. The highest BCUT2D eigenvalue weighted by Crippen LogP contribution is 2.30. The van der Waals surface area contributed by atoms with Gasteiger partial charge in [-0.3, -0.25) is 4.90 Å². The van der Waals surface area contributed by atoms with Crippen molar-refractivity contribution in [3.8, 4) is 0 Å². The van der Waals surface area contributed by atoms with E-state index in [0.29, 0.717) is 29.9 Å². The third-order valence-electron chi connectivity index (χ3n) is 2.99. The van der Waals surface area contributed by atoms with E-state index in [2.05, 4.69) is 15.2 Å². The van der Waals surface area contributed by atoms with Gasteiger partial charge in [-0.25, -0.2) is 4.98 Å². The number of hydrogen-bond acceptors (Lipinski definition) is 5. The third-order valence-corrected chi connectivity index (χ3v) is 4.09. The second kappa shape index (κ2) is 4.97. The molecule has 10 heteroatoms. The van der Waals surface area contributed by atoms with Gasteiger partial charge in [-0.1, -0.05) is 11.6 Å². The van der Waals surface area contributed by atoms with Crippen LogP contribution in [0.15, 0.2) is 6.20 Å². The van der Waals surface area contributed by atoms with Gasteiger partial charge in [0.05, 0.1) is 6.54 Å². The first-order chi connectivity index (χ1) is 9.43. The molecule has 0 fully saturated rings. The average molecular weight is 324 g/mol. The van der Waals surface area contributed by atoms with Gasteiger partial charge in [0.2, 0.25) is 5.82 Å². The Labute approximate surface area is 121 Å². The Morgan fingerprint density at radius 1 is 1.30 bits per heavy atom. The summed E-state index contributed by atoms with van der Waals surface area (Å²) in [6.45, 7) is 1.66. The van der Waals surface area contributed by atoms with Gasteiger partial charge in [-0.15, -0.1) is 21.5 Å². The Balaban J connectivity index is 1.75. The van der Waals surface area contributed by atoms with E-state index in [0.717, 1.165) is 9.44 Å². The van der Waals surface area contributed by atoms with Crippen LogP contribution in [0.1, 0.15) is 16.5 Å². The molecule has 0 unspecified atom stereocenters. The van der Waals surface area contributed by atoms with E-state index in [-0.39, 0.29) is 6.54 Å². The maximum absolute atomic E-state index is 12.7. The molecule has 0 aromatic carbocycles. The van der Waals surface area contributed by atoms with Crippen molar-refractivity contribution in [2.24, 2.45) is 0 Å². The van der Waals surface area contributed by atoms with Gasteiger partial charge in [-0.05, 0) is 0 Å². The summed E-state index contributed by atoms with van der Waals surface area (Å²) in [5.41, 5.74) is 0. The van der Waals surface area contributed by atoms with Gasteiger partial charge in [-0.2, -0.15) is 13.2 Å². The zero-order chi connectivity index (χ0) is 14.3. The van der Waals surface area contributed by atoms with Crippen LogP contribution in [0.3, 0.4) is 0 Å². The largest absolute Gasteiger partial charge is 0.451 e. The van der Waals surface area contributed by atoms with E-state index in [4.69, 9.17) is 11.6 Å². The van der Waals surface area contributed by atoms with E-state index < -0.39 is 12.0 Å². The Kier molecular flexibility index (Phi) is 3.43. The molecular formula is C10H9ClF3N5S. The summed E-state index contributed by atoms with van der Waals surface area (Å²) in [6.07, 6.45) is -2.79. The normalized spacial score (nSPS) is 16.4. The number of hydrogen-bond donors (Lipinski definition) is 0. The van der Waals surface area contributed by atoms with Crippen molar-refractivity contribution in [1.82, 2.24) is 24.6 Å². The van der Waals surface area contributed by atoms with Crippen molar-refractivity contribution < 1.29 is 13.2 Å². The topological polar surface area (TPSA) is 46.8 Å². The second-order valence-corrected chi connectivity index (χ2v) is 6.08. The lowest BCUT2D eigenvalue weighted by atomic mass is 10.3. The van der Waals surface area contributed by atoms with Crippen molar-refractivity contribution in [2.45, 2.75) is 25.8 Å². The maximum Gasteiger partial charge on any atom is 0.451 e. The number of fused-ring (bicyclic) bond motifs is 1. The van der Waals surface area contributed by atoms with Gasteiger partial charge < -0.3 is 4.57 Å². The predicted molar refractivity (Wildman–Crippen MR) is 66.3 cm³/mol. The summed E-state index contributed by atoms with van der Waals surface area (Å²) in [7, 11) is 0. The monoisotopic (exact) mass is 323 g/mol.